The molecular weight excluding hydrogens is 438 g/mol. The largest absolute Gasteiger partial charge is 0.494 e. The second-order valence-electron chi connectivity index (χ2n) is 8.40. The zero-order valence-electron chi connectivity index (χ0n) is 19.4. The quantitative estimate of drug-likeness (QED) is 0.209. The molecular formula is C25H33N3O2S2. The number of ether oxygens (including phenoxy) is 1. The molecule has 32 heavy (non-hydrogen) atoms. The van der Waals surface area contributed by atoms with Crippen LogP contribution < -0.4 is 10.3 Å². The highest BCUT2D eigenvalue weighted by molar-refractivity contribution is 7.99. The number of nitrogens with zero attached hydrogens (tertiary/aromatic N) is 3. The van der Waals surface area contributed by atoms with Gasteiger partial charge in [-0.25, -0.2) is 4.98 Å². The molecule has 0 aliphatic carbocycles. The summed E-state index contributed by atoms with van der Waals surface area (Å²) in [5, 5.41) is 1.62. The minimum atomic E-state index is 0.0645. The molecule has 4 rings (SSSR count). The first-order valence-electron chi connectivity index (χ1n) is 11.7. The van der Waals surface area contributed by atoms with Gasteiger partial charge in [0.1, 0.15) is 10.6 Å². The Morgan fingerprint density at radius 2 is 1.91 bits per heavy atom. The van der Waals surface area contributed by atoms with Crippen molar-refractivity contribution < 1.29 is 4.74 Å². The molecule has 0 radical (unpaired) electrons. The van der Waals surface area contributed by atoms with E-state index < -0.39 is 0 Å². The van der Waals surface area contributed by atoms with E-state index in [-0.39, 0.29) is 5.56 Å². The molecule has 1 aromatic carbocycles. The molecule has 0 saturated heterocycles. The van der Waals surface area contributed by atoms with Crippen LogP contribution in [0.5, 0.6) is 5.75 Å². The van der Waals surface area contributed by atoms with Gasteiger partial charge in [-0.15, -0.1) is 11.3 Å². The molecule has 0 unspecified atom stereocenters. The predicted octanol–water partition coefficient (Wildman–Crippen LogP) is 5.90. The summed E-state index contributed by atoms with van der Waals surface area (Å²) in [6.07, 6.45) is 7.11. The van der Waals surface area contributed by atoms with E-state index in [1.807, 2.05) is 35.8 Å². The highest BCUT2D eigenvalue weighted by atomic mass is 32.2. The number of likely N-dealkylation sites (N-methyl/N-ethyl adjacent to an activating group) is 1. The summed E-state index contributed by atoms with van der Waals surface area (Å²) in [6, 6.07) is 7.81. The van der Waals surface area contributed by atoms with E-state index in [1.54, 1.807) is 23.1 Å². The van der Waals surface area contributed by atoms with Crippen LogP contribution in [0.4, 0.5) is 0 Å². The van der Waals surface area contributed by atoms with Crippen LogP contribution in [0.25, 0.3) is 15.9 Å². The van der Waals surface area contributed by atoms with Crippen LogP contribution in [0.15, 0.2) is 34.2 Å². The lowest BCUT2D eigenvalue weighted by molar-refractivity contribution is 0.318. The lowest BCUT2D eigenvalue weighted by Crippen LogP contribution is -2.27. The number of rotatable bonds is 10. The molecule has 0 amide bonds. The first-order valence-corrected chi connectivity index (χ1v) is 13.5. The third-order valence-electron chi connectivity index (χ3n) is 5.92. The molecule has 172 valence electrons. The maximum Gasteiger partial charge on any atom is 0.267 e. The molecule has 7 heteroatoms. The molecule has 2 aromatic heterocycles. The highest BCUT2D eigenvalue weighted by Gasteiger charge is 2.24. The first kappa shape index (κ1) is 23.3. The maximum atomic E-state index is 13.8. The zero-order chi connectivity index (χ0) is 22.5. The molecule has 1 aliphatic rings. The number of hydrogen-bond acceptors (Lipinski definition) is 6. The smallest absolute Gasteiger partial charge is 0.267 e. The van der Waals surface area contributed by atoms with Crippen molar-refractivity contribution in [3.05, 3.63) is 45.1 Å². The number of thiophene rings is 1. The molecule has 3 aromatic rings. The molecule has 0 spiro atoms. The van der Waals surface area contributed by atoms with Gasteiger partial charge in [0.15, 0.2) is 5.16 Å². The molecule has 5 nitrogen and oxygen atoms in total. The Kier molecular flexibility index (Phi) is 7.92. The van der Waals surface area contributed by atoms with Gasteiger partial charge in [0, 0.05) is 23.7 Å². The summed E-state index contributed by atoms with van der Waals surface area (Å²) in [6.45, 7) is 6.72. The zero-order valence-corrected chi connectivity index (χ0v) is 21.0. The molecule has 0 N–H and O–H groups in total. The van der Waals surface area contributed by atoms with Crippen molar-refractivity contribution in [2.24, 2.45) is 0 Å². The number of benzene rings is 1. The molecule has 0 fully saturated rings. The lowest BCUT2D eigenvalue weighted by atomic mass is 10.1. The second kappa shape index (κ2) is 10.9. The molecule has 1 aliphatic heterocycles. The third-order valence-corrected chi connectivity index (χ3v) is 8.06. The summed E-state index contributed by atoms with van der Waals surface area (Å²) in [5.41, 5.74) is 2.13. The van der Waals surface area contributed by atoms with Gasteiger partial charge in [0.2, 0.25) is 0 Å². The van der Waals surface area contributed by atoms with Gasteiger partial charge in [-0.05, 0) is 56.6 Å². The Balaban J connectivity index is 1.72. The van der Waals surface area contributed by atoms with Crippen molar-refractivity contribution in [2.45, 2.75) is 64.1 Å². The summed E-state index contributed by atoms with van der Waals surface area (Å²) in [4.78, 5) is 23.3. The summed E-state index contributed by atoms with van der Waals surface area (Å²) in [7, 11) is 2.14. The second-order valence-corrected chi connectivity index (χ2v) is 10.5. The van der Waals surface area contributed by atoms with Crippen LogP contribution in [0.3, 0.4) is 0 Å². The number of hydrogen-bond donors (Lipinski definition) is 0. The van der Waals surface area contributed by atoms with Gasteiger partial charge in [-0.3, -0.25) is 9.36 Å². The maximum absolute atomic E-state index is 13.8. The van der Waals surface area contributed by atoms with Gasteiger partial charge < -0.3 is 9.64 Å². The Hall–Kier alpha value is -1.83. The van der Waals surface area contributed by atoms with Crippen LogP contribution in [0.1, 0.15) is 56.4 Å². The van der Waals surface area contributed by atoms with Crippen molar-refractivity contribution in [1.29, 1.82) is 0 Å². The van der Waals surface area contributed by atoms with Crippen LogP contribution in [-0.2, 0) is 13.0 Å². The fourth-order valence-corrected chi connectivity index (χ4v) is 6.56. The van der Waals surface area contributed by atoms with E-state index in [9.17, 15) is 4.79 Å². The molecule has 0 bridgehead atoms. The Morgan fingerprint density at radius 3 is 2.66 bits per heavy atom. The molecule has 0 atom stereocenters. The van der Waals surface area contributed by atoms with E-state index in [4.69, 9.17) is 9.72 Å². The third kappa shape index (κ3) is 5.05. The standard InChI is InChI=1S/C25H33N3O2S2/c1-4-6-7-8-9-16-31-25-26-23-22(20-14-15-27(3)17-21(20)32-23)24(29)28(25)18-10-12-19(13-11-18)30-5-2/h10-13H,4-9,14-17H2,1-3H3. The number of aromatic nitrogens is 2. The highest BCUT2D eigenvalue weighted by Crippen LogP contribution is 2.34. The SMILES string of the molecule is CCCCCCCSc1nc2sc3c(c2c(=O)n1-c1ccc(OCC)cc1)CCN(C)C3. The predicted molar refractivity (Wildman–Crippen MR) is 136 cm³/mol. The van der Waals surface area contributed by atoms with E-state index >= 15 is 0 Å². The van der Waals surface area contributed by atoms with Gasteiger partial charge in [-0.2, -0.15) is 0 Å². The normalized spacial score (nSPS) is 14.1. The first-order chi connectivity index (χ1) is 15.6. The van der Waals surface area contributed by atoms with Gasteiger partial charge in [0.05, 0.1) is 17.7 Å². The van der Waals surface area contributed by atoms with Crippen LogP contribution >= 0.6 is 23.1 Å². The van der Waals surface area contributed by atoms with Gasteiger partial charge in [0.25, 0.3) is 5.56 Å². The van der Waals surface area contributed by atoms with Crippen LogP contribution in [0.2, 0.25) is 0 Å². The van der Waals surface area contributed by atoms with Crippen LogP contribution in [-0.4, -0.2) is 40.4 Å². The summed E-state index contributed by atoms with van der Waals surface area (Å²) >= 11 is 3.40. The van der Waals surface area contributed by atoms with Gasteiger partial charge in [-0.1, -0.05) is 44.4 Å². The van der Waals surface area contributed by atoms with Crippen molar-refractivity contribution >= 4 is 33.3 Å². The number of fused-ring (bicyclic) bond motifs is 3. The van der Waals surface area contributed by atoms with Crippen molar-refractivity contribution in [2.75, 3.05) is 26.0 Å². The van der Waals surface area contributed by atoms with E-state index in [0.717, 1.165) is 58.5 Å². The summed E-state index contributed by atoms with van der Waals surface area (Å²) < 4.78 is 7.42. The average Bonchev–Trinajstić information content (AvgIpc) is 3.15. The molecule has 0 saturated carbocycles. The average molecular weight is 472 g/mol. The fourth-order valence-electron chi connectivity index (χ4n) is 4.20. The Labute approximate surface area is 198 Å². The molecule has 3 heterocycles. The minimum absolute atomic E-state index is 0.0645. The monoisotopic (exact) mass is 471 g/mol. The van der Waals surface area contributed by atoms with E-state index in [0.29, 0.717) is 6.61 Å². The van der Waals surface area contributed by atoms with E-state index in [2.05, 4.69) is 18.9 Å². The Bertz CT molecular complexity index is 1110. The number of unbranched alkanes of at least 4 members (excludes halogenated alkanes) is 4. The van der Waals surface area contributed by atoms with E-state index in [1.165, 1.54) is 36.1 Å². The van der Waals surface area contributed by atoms with Crippen molar-refractivity contribution in [3.8, 4) is 11.4 Å². The Morgan fingerprint density at radius 1 is 1.12 bits per heavy atom. The topological polar surface area (TPSA) is 47.4 Å². The minimum Gasteiger partial charge on any atom is -0.494 e. The number of thioether (sulfide) groups is 1. The van der Waals surface area contributed by atoms with Gasteiger partial charge >= 0.3 is 0 Å². The summed E-state index contributed by atoms with van der Waals surface area (Å²) in [5.74, 6) is 1.80. The van der Waals surface area contributed by atoms with Crippen molar-refractivity contribution in [1.82, 2.24) is 14.5 Å². The van der Waals surface area contributed by atoms with Crippen molar-refractivity contribution in [3.63, 3.8) is 0 Å². The fraction of sp³-hybridized carbons (Fsp3) is 0.520. The lowest BCUT2D eigenvalue weighted by Gasteiger charge is -2.21. The van der Waals surface area contributed by atoms with Crippen LogP contribution in [0, 0.1) is 0 Å².